The van der Waals surface area contributed by atoms with Crippen LogP contribution in [-0.2, 0) is 17.8 Å². The molecule has 0 N–H and O–H groups in total. The van der Waals surface area contributed by atoms with E-state index in [-0.39, 0.29) is 17.7 Å². The van der Waals surface area contributed by atoms with Crippen molar-refractivity contribution in [1.82, 2.24) is 14.7 Å². The van der Waals surface area contributed by atoms with Crippen molar-refractivity contribution in [2.45, 2.75) is 19.9 Å². The summed E-state index contributed by atoms with van der Waals surface area (Å²) in [5, 5.41) is 0. The summed E-state index contributed by atoms with van der Waals surface area (Å²) in [4.78, 5) is 42.7. The topological polar surface area (TPSA) is 60.9 Å². The number of hydrogen-bond donors (Lipinski definition) is 0. The van der Waals surface area contributed by atoms with Gasteiger partial charge in [0.2, 0.25) is 5.91 Å². The van der Waals surface area contributed by atoms with Crippen LogP contribution >= 0.6 is 0 Å². The normalized spacial score (nSPS) is 16.4. The second-order valence-corrected chi connectivity index (χ2v) is 7.62. The lowest BCUT2D eigenvalue weighted by Crippen LogP contribution is -2.50. The molecule has 150 valence electrons. The van der Waals surface area contributed by atoms with Crippen LogP contribution < -0.4 is 0 Å². The summed E-state index contributed by atoms with van der Waals surface area (Å²) >= 11 is 0. The highest BCUT2D eigenvalue weighted by atomic mass is 16.2. The number of benzene rings is 2. The molecule has 2 aromatic rings. The van der Waals surface area contributed by atoms with Gasteiger partial charge in [-0.2, -0.15) is 0 Å². The number of carbonyl (C=O) groups excluding carboxylic acids is 3. The highest BCUT2D eigenvalue weighted by Gasteiger charge is 2.25. The van der Waals surface area contributed by atoms with E-state index >= 15 is 0 Å². The number of carbonyl (C=O) groups is 3. The number of rotatable bonds is 2. The molecule has 2 aliphatic heterocycles. The Kier molecular flexibility index (Phi) is 5.34. The van der Waals surface area contributed by atoms with E-state index in [1.807, 2.05) is 17.0 Å². The van der Waals surface area contributed by atoms with Crippen molar-refractivity contribution in [1.29, 1.82) is 0 Å². The van der Waals surface area contributed by atoms with E-state index in [1.165, 1.54) is 11.1 Å². The largest absolute Gasteiger partial charge is 0.339 e. The first-order chi connectivity index (χ1) is 14.0. The number of nitrogens with zero attached hydrogens (tertiary/aromatic N) is 3. The molecular formula is C23H25N3O3. The summed E-state index contributed by atoms with van der Waals surface area (Å²) in [6.07, 6.45) is 0.848. The fourth-order valence-electron chi connectivity index (χ4n) is 4.04. The molecule has 6 nitrogen and oxygen atoms in total. The van der Waals surface area contributed by atoms with Crippen molar-refractivity contribution >= 4 is 17.7 Å². The van der Waals surface area contributed by atoms with Crippen molar-refractivity contribution in [3.05, 3.63) is 70.8 Å². The lowest BCUT2D eigenvalue weighted by atomic mass is 9.99. The second kappa shape index (κ2) is 8.07. The van der Waals surface area contributed by atoms with Gasteiger partial charge in [0, 0.05) is 57.3 Å². The minimum absolute atomic E-state index is 0.0350. The molecule has 4 rings (SSSR count). The van der Waals surface area contributed by atoms with Crippen LogP contribution in [0, 0.1) is 0 Å². The summed E-state index contributed by atoms with van der Waals surface area (Å²) in [6.45, 7) is 4.95. The molecule has 0 radical (unpaired) electrons. The fraction of sp³-hybridized carbons (Fsp3) is 0.348. The predicted molar refractivity (Wildman–Crippen MR) is 109 cm³/mol. The van der Waals surface area contributed by atoms with Crippen molar-refractivity contribution in [2.24, 2.45) is 0 Å². The van der Waals surface area contributed by atoms with E-state index in [4.69, 9.17) is 0 Å². The van der Waals surface area contributed by atoms with Crippen LogP contribution in [0.1, 0.15) is 38.8 Å². The highest BCUT2D eigenvalue weighted by molar-refractivity contribution is 5.99. The predicted octanol–water partition coefficient (Wildman–Crippen LogP) is 2.19. The average Bonchev–Trinajstić information content (AvgIpc) is 2.78. The first kappa shape index (κ1) is 19.2. The SMILES string of the molecule is CC(=O)N1CCN(C(=O)c2cccc(C(=O)N3CCc4ccccc4C3)c2)CC1. The first-order valence-electron chi connectivity index (χ1n) is 10.0. The maximum atomic E-state index is 13.0. The van der Waals surface area contributed by atoms with Gasteiger partial charge >= 0.3 is 0 Å². The zero-order valence-electron chi connectivity index (χ0n) is 16.6. The van der Waals surface area contributed by atoms with Gasteiger partial charge in [0.05, 0.1) is 0 Å². The van der Waals surface area contributed by atoms with Crippen LogP contribution in [0.25, 0.3) is 0 Å². The van der Waals surface area contributed by atoms with Gasteiger partial charge in [0.25, 0.3) is 11.8 Å². The van der Waals surface area contributed by atoms with Crippen LogP contribution in [0.3, 0.4) is 0 Å². The molecule has 0 aliphatic carbocycles. The summed E-state index contributed by atoms with van der Waals surface area (Å²) in [7, 11) is 0. The fourth-order valence-corrected chi connectivity index (χ4v) is 4.04. The molecule has 0 spiro atoms. The number of piperazine rings is 1. The molecule has 1 saturated heterocycles. The maximum absolute atomic E-state index is 13.0. The lowest BCUT2D eigenvalue weighted by Gasteiger charge is -2.34. The van der Waals surface area contributed by atoms with Gasteiger partial charge in [-0.3, -0.25) is 14.4 Å². The Bertz CT molecular complexity index is 948. The molecule has 0 unspecified atom stereocenters. The van der Waals surface area contributed by atoms with Crippen molar-refractivity contribution in [3.63, 3.8) is 0 Å². The third kappa shape index (κ3) is 4.01. The monoisotopic (exact) mass is 391 g/mol. The van der Waals surface area contributed by atoms with E-state index in [0.717, 1.165) is 6.42 Å². The van der Waals surface area contributed by atoms with Gasteiger partial charge in [0.1, 0.15) is 0 Å². The van der Waals surface area contributed by atoms with E-state index < -0.39 is 0 Å². The van der Waals surface area contributed by atoms with Crippen LogP contribution in [0.2, 0.25) is 0 Å². The molecule has 0 saturated carbocycles. The van der Waals surface area contributed by atoms with E-state index in [2.05, 4.69) is 12.1 Å². The van der Waals surface area contributed by atoms with Crippen LogP contribution in [0.4, 0.5) is 0 Å². The number of fused-ring (bicyclic) bond motifs is 1. The van der Waals surface area contributed by atoms with Gasteiger partial charge in [-0.05, 0) is 35.7 Å². The summed E-state index contributed by atoms with van der Waals surface area (Å²) in [5.74, 6) is -0.102. The molecule has 1 fully saturated rings. The minimum atomic E-state index is -0.0909. The molecule has 2 aromatic carbocycles. The summed E-state index contributed by atoms with van der Waals surface area (Å²) in [6, 6.07) is 15.2. The lowest BCUT2D eigenvalue weighted by molar-refractivity contribution is -0.130. The first-order valence-corrected chi connectivity index (χ1v) is 10.0. The summed E-state index contributed by atoms with van der Waals surface area (Å²) < 4.78 is 0. The highest BCUT2D eigenvalue weighted by Crippen LogP contribution is 2.21. The second-order valence-electron chi connectivity index (χ2n) is 7.62. The Morgan fingerprint density at radius 1 is 0.690 bits per heavy atom. The Morgan fingerprint density at radius 2 is 1.28 bits per heavy atom. The maximum Gasteiger partial charge on any atom is 0.254 e. The van der Waals surface area contributed by atoms with Crippen LogP contribution in [0.5, 0.6) is 0 Å². The van der Waals surface area contributed by atoms with Crippen molar-refractivity contribution in [3.8, 4) is 0 Å². The minimum Gasteiger partial charge on any atom is -0.339 e. The van der Waals surface area contributed by atoms with Gasteiger partial charge in [0.15, 0.2) is 0 Å². The molecule has 6 heteroatoms. The Hall–Kier alpha value is -3.15. The molecule has 2 heterocycles. The van der Waals surface area contributed by atoms with Gasteiger partial charge in [-0.15, -0.1) is 0 Å². The molecule has 3 amide bonds. The zero-order valence-corrected chi connectivity index (χ0v) is 16.6. The van der Waals surface area contributed by atoms with E-state index in [9.17, 15) is 14.4 Å². The molecule has 2 aliphatic rings. The summed E-state index contributed by atoms with van der Waals surface area (Å²) in [5.41, 5.74) is 3.54. The van der Waals surface area contributed by atoms with Gasteiger partial charge in [-0.25, -0.2) is 0 Å². The average molecular weight is 391 g/mol. The van der Waals surface area contributed by atoms with E-state index in [1.54, 1.807) is 41.0 Å². The Labute approximate surface area is 170 Å². The standard InChI is InChI=1S/C23H25N3O3/c1-17(27)24-11-13-25(14-12-24)22(28)19-7-4-8-20(15-19)23(29)26-10-9-18-5-2-3-6-21(18)16-26/h2-8,15H,9-14,16H2,1H3. The molecule has 0 aromatic heterocycles. The van der Waals surface area contributed by atoms with E-state index in [0.29, 0.717) is 50.4 Å². The smallest absolute Gasteiger partial charge is 0.254 e. The third-order valence-electron chi connectivity index (χ3n) is 5.79. The quantitative estimate of drug-likeness (QED) is 0.789. The Balaban J connectivity index is 1.45. The number of hydrogen-bond acceptors (Lipinski definition) is 3. The van der Waals surface area contributed by atoms with Crippen LogP contribution in [0.15, 0.2) is 48.5 Å². The van der Waals surface area contributed by atoms with Crippen molar-refractivity contribution < 1.29 is 14.4 Å². The molecular weight excluding hydrogens is 366 g/mol. The number of amides is 3. The van der Waals surface area contributed by atoms with Crippen molar-refractivity contribution in [2.75, 3.05) is 32.7 Å². The Morgan fingerprint density at radius 3 is 1.93 bits per heavy atom. The molecule has 0 bridgehead atoms. The zero-order chi connectivity index (χ0) is 20.4. The van der Waals surface area contributed by atoms with Gasteiger partial charge in [-0.1, -0.05) is 30.3 Å². The molecule has 0 atom stereocenters. The third-order valence-corrected chi connectivity index (χ3v) is 5.79. The van der Waals surface area contributed by atoms with Gasteiger partial charge < -0.3 is 14.7 Å². The molecule has 29 heavy (non-hydrogen) atoms. The van der Waals surface area contributed by atoms with Crippen LogP contribution in [-0.4, -0.2) is 65.1 Å².